The minimum absolute atomic E-state index is 0.232. The van der Waals surface area contributed by atoms with Gasteiger partial charge < -0.3 is 10.5 Å². The number of carbonyl (C=O) groups excluding carboxylic acids is 1. The van der Waals surface area contributed by atoms with E-state index in [2.05, 4.69) is 15.0 Å². The van der Waals surface area contributed by atoms with Crippen molar-refractivity contribution in [1.29, 1.82) is 0 Å². The van der Waals surface area contributed by atoms with Crippen LogP contribution in [0.15, 0.2) is 0 Å². The molecule has 0 atom stereocenters. The molecule has 90 valence electrons. The standard InChI is InChI=1S/C10H18N4O2/c1-10(2,3)14-7(5-6-11)8(12-13-14)9(15)16-4/h5-6,11H2,1-4H3. The first-order valence-corrected chi connectivity index (χ1v) is 5.15. The minimum atomic E-state index is -0.473. The predicted molar refractivity (Wildman–Crippen MR) is 59.1 cm³/mol. The molecule has 0 aromatic carbocycles. The van der Waals surface area contributed by atoms with Gasteiger partial charge in [-0.25, -0.2) is 9.48 Å². The van der Waals surface area contributed by atoms with Gasteiger partial charge in [0.05, 0.1) is 18.3 Å². The van der Waals surface area contributed by atoms with E-state index in [1.165, 1.54) is 7.11 Å². The number of aromatic nitrogens is 3. The zero-order chi connectivity index (χ0) is 12.3. The van der Waals surface area contributed by atoms with Crippen LogP contribution in [0.3, 0.4) is 0 Å². The Hall–Kier alpha value is -1.43. The lowest BCUT2D eigenvalue weighted by Gasteiger charge is -2.21. The maximum absolute atomic E-state index is 11.5. The van der Waals surface area contributed by atoms with E-state index in [0.29, 0.717) is 13.0 Å². The second kappa shape index (κ2) is 4.61. The van der Waals surface area contributed by atoms with Crippen molar-refractivity contribution in [3.05, 3.63) is 11.4 Å². The molecule has 0 unspecified atom stereocenters. The molecule has 16 heavy (non-hydrogen) atoms. The summed E-state index contributed by atoms with van der Waals surface area (Å²) in [5.41, 5.74) is 6.27. The highest BCUT2D eigenvalue weighted by atomic mass is 16.5. The third-order valence-corrected chi connectivity index (χ3v) is 2.16. The fraction of sp³-hybridized carbons (Fsp3) is 0.700. The van der Waals surface area contributed by atoms with Crippen LogP contribution in [-0.2, 0) is 16.7 Å². The highest BCUT2D eigenvalue weighted by Gasteiger charge is 2.25. The largest absolute Gasteiger partial charge is 0.464 e. The van der Waals surface area contributed by atoms with Gasteiger partial charge in [0.1, 0.15) is 0 Å². The van der Waals surface area contributed by atoms with Gasteiger partial charge in [0, 0.05) is 6.42 Å². The zero-order valence-electron chi connectivity index (χ0n) is 10.1. The monoisotopic (exact) mass is 226 g/mol. The number of nitrogens with two attached hydrogens (primary N) is 1. The quantitative estimate of drug-likeness (QED) is 0.750. The molecule has 2 N–H and O–H groups in total. The number of methoxy groups -OCH3 is 1. The molecule has 1 aromatic rings. The lowest BCUT2D eigenvalue weighted by Crippen LogP contribution is -2.27. The molecule has 0 saturated heterocycles. The molecular formula is C10H18N4O2. The van der Waals surface area contributed by atoms with E-state index in [1.807, 2.05) is 20.8 Å². The van der Waals surface area contributed by atoms with Crippen LogP contribution in [0.4, 0.5) is 0 Å². The van der Waals surface area contributed by atoms with Gasteiger partial charge in [0.2, 0.25) is 0 Å². The average Bonchev–Trinajstić information content (AvgIpc) is 2.60. The van der Waals surface area contributed by atoms with Crippen LogP contribution < -0.4 is 5.73 Å². The van der Waals surface area contributed by atoms with Gasteiger partial charge in [-0.1, -0.05) is 5.21 Å². The van der Waals surface area contributed by atoms with Crippen LogP contribution in [0.5, 0.6) is 0 Å². The van der Waals surface area contributed by atoms with E-state index < -0.39 is 5.97 Å². The molecule has 0 saturated carbocycles. The van der Waals surface area contributed by atoms with Gasteiger partial charge in [0.15, 0.2) is 5.69 Å². The number of hydrogen-bond donors (Lipinski definition) is 1. The number of hydrogen-bond acceptors (Lipinski definition) is 5. The molecule has 0 aliphatic rings. The lowest BCUT2D eigenvalue weighted by molar-refractivity contribution is 0.0592. The van der Waals surface area contributed by atoms with Gasteiger partial charge in [0.25, 0.3) is 0 Å². The van der Waals surface area contributed by atoms with Crippen molar-refractivity contribution in [2.45, 2.75) is 32.7 Å². The van der Waals surface area contributed by atoms with E-state index >= 15 is 0 Å². The Kier molecular flexibility index (Phi) is 3.64. The van der Waals surface area contributed by atoms with Crippen LogP contribution in [0.2, 0.25) is 0 Å². The summed E-state index contributed by atoms with van der Waals surface area (Å²) in [7, 11) is 1.32. The molecule has 6 nitrogen and oxygen atoms in total. The molecule has 0 aliphatic heterocycles. The number of esters is 1. The molecule has 6 heteroatoms. The van der Waals surface area contributed by atoms with Crippen molar-refractivity contribution in [3.8, 4) is 0 Å². The summed E-state index contributed by atoms with van der Waals surface area (Å²) in [6, 6.07) is 0. The first-order valence-electron chi connectivity index (χ1n) is 5.15. The molecule has 1 aromatic heterocycles. The first-order chi connectivity index (χ1) is 7.41. The summed E-state index contributed by atoms with van der Waals surface area (Å²) in [4.78, 5) is 11.5. The van der Waals surface area contributed by atoms with Crippen molar-refractivity contribution in [1.82, 2.24) is 15.0 Å². The Morgan fingerprint density at radius 3 is 2.56 bits per heavy atom. The number of carbonyl (C=O) groups is 1. The lowest BCUT2D eigenvalue weighted by atomic mass is 10.1. The summed E-state index contributed by atoms with van der Waals surface area (Å²) in [5.74, 6) is -0.473. The summed E-state index contributed by atoms with van der Waals surface area (Å²) in [5, 5.41) is 7.84. The topological polar surface area (TPSA) is 83.0 Å². The molecule has 0 radical (unpaired) electrons. The molecule has 0 bridgehead atoms. The van der Waals surface area contributed by atoms with Gasteiger partial charge in [-0.2, -0.15) is 0 Å². The van der Waals surface area contributed by atoms with Crippen molar-refractivity contribution >= 4 is 5.97 Å². The van der Waals surface area contributed by atoms with E-state index in [4.69, 9.17) is 5.73 Å². The second-order valence-corrected chi connectivity index (χ2v) is 4.50. The Labute approximate surface area is 94.8 Å². The summed E-state index contributed by atoms with van der Waals surface area (Å²) < 4.78 is 6.37. The van der Waals surface area contributed by atoms with E-state index in [-0.39, 0.29) is 11.2 Å². The van der Waals surface area contributed by atoms with Crippen LogP contribution in [0.1, 0.15) is 37.0 Å². The highest BCUT2D eigenvalue weighted by molar-refractivity contribution is 5.88. The van der Waals surface area contributed by atoms with Crippen LogP contribution in [0.25, 0.3) is 0 Å². The highest BCUT2D eigenvalue weighted by Crippen LogP contribution is 2.18. The van der Waals surface area contributed by atoms with Gasteiger partial charge in [-0.3, -0.25) is 0 Å². The SMILES string of the molecule is COC(=O)c1nnn(C(C)(C)C)c1CCN. The van der Waals surface area contributed by atoms with Crippen LogP contribution >= 0.6 is 0 Å². The molecular weight excluding hydrogens is 208 g/mol. The zero-order valence-corrected chi connectivity index (χ0v) is 10.1. The smallest absolute Gasteiger partial charge is 0.360 e. The third-order valence-electron chi connectivity index (χ3n) is 2.16. The molecule has 1 rings (SSSR count). The van der Waals surface area contributed by atoms with Crippen molar-refractivity contribution < 1.29 is 9.53 Å². The van der Waals surface area contributed by atoms with Crippen molar-refractivity contribution in [2.75, 3.05) is 13.7 Å². The van der Waals surface area contributed by atoms with Crippen LogP contribution in [0, 0.1) is 0 Å². The third kappa shape index (κ3) is 2.38. The summed E-state index contributed by atoms with van der Waals surface area (Å²) in [6.45, 7) is 6.40. The normalized spacial score (nSPS) is 11.6. The number of nitrogens with zero attached hydrogens (tertiary/aromatic N) is 3. The molecule has 0 spiro atoms. The Morgan fingerprint density at radius 2 is 2.12 bits per heavy atom. The number of ether oxygens (including phenoxy) is 1. The molecule has 0 amide bonds. The Balaban J connectivity index is 3.22. The van der Waals surface area contributed by atoms with Crippen molar-refractivity contribution in [2.24, 2.45) is 5.73 Å². The predicted octanol–water partition coefficient (Wildman–Crippen LogP) is 0.321. The molecule has 0 aliphatic carbocycles. The van der Waals surface area contributed by atoms with Gasteiger partial charge in [-0.15, -0.1) is 5.10 Å². The fourth-order valence-electron chi connectivity index (χ4n) is 1.46. The van der Waals surface area contributed by atoms with E-state index in [9.17, 15) is 4.79 Å². The molecule has 0 fully saturated rings. The number of rotatable bonds is 3. The Bertz CT molecular complexity index is 379. The average molecular weight is 226 g/mol. The summed E-state index contributed by atoms with van der Waals surface area (Å²) >= 11 is 0. The van der Waals surface area contributed by atoms with Gasteiger partial charge >= 0.3 is 5.97 Å². The van der Waals surface area contributed by atoms with Crippen LogP contribution in [-0.4, -0.2) is 34.6 Å². The van der Waals surface area contributed by atoms with Gasteiger partial charge in [-0.05, 0) is 27.3 Å². The maximum Gasteiger partial charge on any atom is 0.360 e. The van der Waals surface area contributed by atoms with Crippen molar-refractivity contribution in [3.63, 3.8) is 0 Å². The second-order valence-electron chi connectivity index (χ2n) is 4.50. The van der Waals surface area contributed by atoms with E-state index in [0.717, 1.165) is 5.69 Å². The first kappa shape index (κ1) is 12.6. The fourth-order valence-corrected chi connectivity index (χ4v) is 1.46. The van der Waals surface area contributed by atoms with E-state index in [1.54, 1.807) is 4.68 Å². The Morgan fingerprint density at radius 1 is 1.50 bits per heavy atom. The maximum atomic E-state index is 11.5. The minimum Gasteiger partial charge on any atom is -0.464 e. The molecule has 1 heterocycles. The summed E-state index contributed by atoms with van der Waals surface area (Å²) in [6.07, 6.45) is 0.550.